The van der Waals surface area contributed by atoms with E-state index in [4.69, 9.17) is 23.4 Å². The molecule has 6 fully saturated rings. The fourth-order valence-electron chi connectivity index (χ4n) is 9.52. The first-order valence-electron chi connectivity index (χ1n) is 12.4. The van der Waals surface area contributed by atoms with E-state index in [-0.39, 0.29) is 30.7 Å². The highest BCUT2D eigenvalue weighted by Crippen LogP contribution is 2.80. The number of Topliss-reactive ketones (excluding diaryl/α,β-unsaturated/α-hetero) is 1. The van der Waals surface area contributed by atoms with Gasteiger partial charge in [0.15, 0.2) is 11.9 Å². The van der Waals surface area contributed by atoms with E-state index in [9.17, 15) is 19.5 Å². The average Bonchev–Trinajstić information content (AvgIpc) is 3.26. The summed E-state index contributed by atoms with van der Waals surface area (Å²) in [6.45, 7) is 7.66. The fraction of sp³-hybridized carbons (Fsp3) is 0.731. The van der Waals surface area contributed by atoms with Crippen LogP contribution in [0.3, 0.4) is 0 Å². The molecule has 0 unspecified atom stereocenters. The number of esters is 2. The number of epoxide rings is 1. The molecule has 35 heavy (non-hydrogen) atoms. The largest absolute Gasteiger partial charge is 0.472 e. The molecule has 0 radical (unpaired) electrons. The Balaban J connectivity index is 1.43. The molecule has 4 saturated heterocycles. The van der Waals surface area contributed by atoms with Gasteiger partial charge in [0.1, 0.15) is 24.4 Å². The first kappa shape index (κ1) is 22.0. The van der Waals surface area contributed by atoms with Gasteiger partial charge >= 0.3 is 11.9 Å². The number of cyclic esters (lactones) is 2. The number of aliphatic hydroxyl groups excluding tert-OH is 1. The van der Waals surface area contributed by atoms with Crippen LogP contribution in [0.1, 0.15) is 58.6 Å². The molecule has 188 valence electrons. The normalized spacial score (nSPS) is 53.3. The molecule has 2 saturated carbocycles. The maximum Gasteiger partial charge on any atom is 0.339 e. The van der Waals surface area contributed by atoms with Crippen LogP contribution in [0.15, 0.2) is 23.0 Å². The van der Waals surface area contributed by atoms with Crippen LogP contribution < -0.4 is 0 Å². The van der Waals surface area contributed by atoms with Gasteiger partial charge in [-0.1, -0.05) is 13.8 Å². The Morgan fingerprint density at radius 2 is 1.83 bits per heavy atom. The van der Waals surface area contributed by atoms with E-state index in [0.29, 0.717) is 12.8 Å². The zero-order valence-corrected chi connectivity index (χ0v) is 20.2. The van der Waals surface area contributed by atoms with Crippen LogP contribution in [0.25, 0.3) is 0 Å². The standard InChI is InChI=1S/C26H30O9/c1-22(2)17-16(28)18(29)24(4)13(25(17)11-32-15(27)9-14(25)34-22)5-7-23(3)19(12-6-8-31-10-12)33-21(30)20-26(23,24)35-20/h6,8,10,13-14,17-20,29H,5,7,9,11H2,1-4H3/t13-,14+,17+,18-,19-,20-,23+,24-,25+,26+/m0/s1. The van der Waals surface area contributed by atoms with Crippen molar-refractivity contribution in [3.05, 3.63) is 24.2 Å². The third-order valence-corrected chi connectivity index (χ3v) is 10.7. The van der Waals surface area contributed by atoms with Crippen molar-refractivity contribution in [3.63, 3.8) is 0 Å². The molecule has 10 atom stereocenters. The second kappa shape index (κ2) is 6.18. The molecule has 2 aliphatic carbocycles. The first-order valence-corrected chi connectivity index (χ1v) is 12.4. The molecule has 0 aromatic carbocycles. The van der Waals surface area contributed by atoms with Crippen molar-refractivity contribution in [2.75, 3.05) is 6.61 Å². The Bertz CT molecular complexity index is 1160. The lowest BCUT2D eigenvalue weighted by molar-refractivity contribution is -0.252. The van der Waals surface area contributed by atoms with E-state index in [2.05, 4.69) is 0 Å². The Hall–Kier alpha value is -2.23. The van der Waals surface area contributed by atoms with Crippen molar-refractivity contribution in [2.45, 2.75) is 82.6 Å². The Morgan fingerprint density at radius 1 is 1.06 bits per heavy atom. The summed E-state index contributed by atoms with van der Waals surface area (Å²) in [6.07, 6.45) is 1.02. The van der Waals surface area contributed by atoms with Gasteiger partial charge in [-0.25, -0.2) is 4.79 Å². The van der Waals surface area contributed by atoms with Crippen LogP contribution in [0, 0.1) is 28.1 Å². The number of carbonyl (C=O) groups is 3. The van der Waals surface area contributed by atoms with Crippen molar-refractivity contribution < 1.29 is 42.9 Å². The van der Waals surface area contributed by atoms with Gasteiger partial charge in [0, 0.05) is 21.8 Å². The Kier molecular flexibility index (Phi) is 3.88. The van der Waals surface area contributed by atoms with Crippen LogP contribution in [0.4, 0.5) is 0 Å². The van der Waals surface area contributed by atoms with Crippen molar-refractivity contribution in [1.29, 1.82) is 0 Å². The molecule has 0 amide bonds. The highest BCUT2D eigenvalue weighted by Gasteiger charge is 2.90. The van der Waals surface area contributed by atoms with Crippen molar-refractivity contribution >= 4 is 17.7 Å². The van der Waals surface area contributed by atoms with E-state index in [1.54, 1.807) is 12.3 Å². The molecule has 5 heterocycles. The second-order valence-corrected chi connectivity index (χ2v) is 12.3. The molecule has 1 aromatic heterocycles. The third kappa shape index (κ3) is 2.14. The smallest absolute Gasteiger partial charge is 0.339 e. The molecule has 2 spiro atoms. The Morgan fingerprint density at radius 3 is 2.54 bits per heavy atom. The zero-order chi connectivity index (χ0) is 24.8. The number of furan rings is 1. The molecule has 1 N–H and O–H groups in total. The predicted molar refractivity (Wildman–Crippen MR) is 116 cm³/mol. The maximum atomic E-state index is 14.1. The highest BCUT2D eigenvalue weighted by atomic mass is 16.7. The Labute approximate surface area is 202 Å². The van der Waals surface area contributed by atoms with E-state index in [1.165, 1.54) is 6.26 Å². The number of ketones is 1. The van der Waals surface area contributed by atoms with Gasteiger partial charge in [-0.2, -0.15) is 0 Å². The monoisotopic (exact) mass is 486 g/mol. The lowest BCUT2D eigenvalue weighted by atomic mass is 9.36. The van der Waals surface area contributed by atoms with Crippen LogP contribution in [0.5, 0.6) is 0 Å². The molecule has 4 aliphatic heterocycles. The zero-order valence-electron chi connectivity index (χ0n) is 20.2. The van der Waals surface area contributed by atoms with Gasteiger partial charge in [-0.3, -0.25) is 9.59 Å². The minimum Gasteiger partial charge on any atom is -0.472 e. The second-order valence-electron chi connectivity index (χ2n) is 12.3. The summed E-state index contributed by atoms with van der Waals surface area (Å²) < 4.78 is 29.6. The number of hydrogen-bond acceptors (Lipinski definition) is 9. The number of aliphatic hydroxyl groups is 1. The van der Waals surface area contributed by atoms with Gasteiger partial charge in [0.2, 0.25) is 0 Å². The summed E-state index contributed by atoms with van der Waals surface area (Å²) in [5.74, 6) is -2.09. The predicted octanol–water partition coefficient (Wildman–Crippen LogP) is 2.11. The van der Waals surface area contributed by atoms with Crippen molar-refractivity contribution in [1.82, 2.24) is 0 Å². The van der Waals surface area contributed by atoms with Crippen LogP contribution >= 0.6 is 0 Å². The van der Waals surface area contributed by atoms with Crippen LogP contribution in [-0.4, -0.2) is 58.9 Å². The SMILES string of the molecule is CC1(C)O[C@@H]2CC(=O)OC[C@]23[C@@H]1C(=O)[C@H](O)[C@]1(C)[C@@H]3CC[C@]2(C)[C@H](c3ccoc3)OC(=O)[C@@H]3O[C@@]312. The molecular formula is C26H30O9. The topological polar surface area (TPSA) is 125 Å². The molecule has 9 nitrogen and oxygen atoms in total. The van der Waals surface area contributed by atoms with E-state index < -0.39 is 63.8 Å². The molecule has 0 bridgehead atoms. The summed E-state index contributed by atoms with van der Waals surface area (Å²) >= 11 is 0. The summed E-state index contributed by atoms with van der Waals surface area (Å²) in [5.41, 5.74) is -3.90. The number of ether oxygens (including phenoxy) is 4. The summed E-state index contributed by atoms with van der Waals surface area (Å²) in [5, 5.41) is 11.8. The van der Waals surface area contributed by atoms with Crippen LogP contribution in [0.2, 0.25) is 0 Å². The quantitative estimate of drug-likeness (QED) is 0.469. The van der Waals surface area contributed by atoms with Gasteiger partial charge in [-0.05, 0) is 38.7 Å². The number of hydrogen-bond donors (Lipinski definition) is 1. The van der Waals surface area contributed by atoms with Crippen LogP contribution in [-0.2, 0) is 33.3 Å². The van der Waals surface area contributed by atoms with Gasteiger partial charge in [0.25, 0.3) is 0 Å². The molecular weight excluding hydrogens is 456 g/mol. The van der Waals surface area contributed by atoms with E-state index >= 15 is 0 Å². The van der Waals surface area contributed by atoms with Crippen molar-refractivity contribution in [3.8, 4) is 0 Å². The summed E-state index contributed by atoms with van der Waals surface area (Å²) in [4.78, 5) is 39.6. The molecule has 9 heteroatoms. The fourth-order valence-corrected chi connectivity index (χ4v) is 9.52. The van der Waals surface area contributed by atoms with Gasteiger partial charge < -0.3 is 28.5 Å². The highest BCUT2D eigenvalue weighted by molar-refractivity contribution is 5.92. The van der Waals surface area contributed by atoms with Crippen molar-refractivity contribution in [2.24, 2.45) is 28.1 Å². The molecule has 1 aromatic rings. The van der Waals surface area contributed by atoms with E-state index in [0.717, 1.165) is 5.56 Å². The first-order chi connectivity index (χ1) is 16.4. The number of carbonyl (C=O) groups excluding carboxylic acids is 3. The maximum absolute atomic E-state index is 14.1. The average molecular weight is 487 g/mol. The number of fused-ring (bicyclic) bond motifs is 1. The van der Waals surface area contributed by atoms with Gasteiger partial charge in [-0.15, -0.1) is 0 Å². The third-order valence-electron chi connectivity index (χ3n) is 10.7. The number of rotatable bonds is 1. The van der Waals surface area contributed by atoms with E-state index in [1.807, 2.05) is 27.7 Å². The lowest BCUT2D eigenvalue weighted by Gasteiger charge is -2.66. The minimum atomic E-state index is -1.37. The summed E-state index contributed by atoms with van der Waals surface area (Å²) in [7, 11) is 0. The van der Waals surface area contributed by atoms with Gasteiger partial charge in [0.05, 0.1) is 36.6 Å². The summed E-state index contributed by atoms with van der Waals surface area (Å²) in [6, 6.07) is 1.77. The lowest BCUT2D eigenvalue weighted by Crippen LogP contribution is -2.76. The molecule has 7 rings (SSSR count). The minimum absolute atomic E-state index is 0.0520. The molecule has 6 aliphatic rings.